The lowest BCUT2D eigenvalue weighted by Crippen LogP contribution is -2.05. The molecule has 2 unspecified atom stereocenters. The summed E-state index contributed by atoms with van der Waals surface area (Å²) < 4.78 is 30.1. The highest BCUT2D eigenvalue weighted by Gasteiger charge is 2.15. The summed E-state index contributed by atoms with van der Waals surface area (Å²) in [5, 5.41) is 0. The summed E-state index contributed by atoms with van der Waals surface area (Å²) in [6.45, 7) is 1.94. The first-order valence-corrected chi connectivity index (χ1v) is 13.7. The van der Waals surface area contributed by atoms with Gasteiger partial charge in [0.1, 0.15) is 0 Å². The van der Waals surface area contributed by atoms with Crippen LogP contribution in [0.4, 0.5) is 0 Å². The Kier molecular flexibility index (Phi) is 7.58. The molecule has 0 bridgehead atoms. The van der Waals surface area contributed by atoms with E-state index in [2.05, 4.69) is 21.8 Å². The highest BCUT2D eigenvalue weighted by molar-refractivity contribution is 8.14. The minimum atomic E-state index is -3.70. The summed E-state index contributed by atoms with van der Waals surface area (Å²) in [7, 11) is -4.53. The molecule has 0 fully saturated rings. The van der Waals surface area contributed by atoms with E-state index in [9.17, 15) is 8.42 Å². The average Bonchev–Trinajstić information content (AvgIpc) is 2.74. The number of aryl methyl sites for hydroxylation is 1. The van der Waals surface area contributed by atoms with Crippen molar-refractivity contribution in [3.05, 3.63) is 90.5 Å². The van der Waals surface area contributed by atoms with Gasteiger partial charge in [-0.05, 0) is 55.5 Å². The van der Waals surface area contributed by atoms with Crippen molar-refractivity contribution in [2.75, 3.05) is 11.5 Å². The monoisotopic (exact) mass is 443 g/mol. The van der Waals surface area contributed by atoms with Crippen LogP contribution in [0.2, 0.25) is 0 Å². The van der Waals surface area contributed by atoms with Gasteiger partial charge in [-0.1, -0.05) is 70.7 Å². The van der Waals surface area contributed by atoms with E-state index in [1.165, 1.54) is 4.90 Å². The molecule has 0 aliphatic carbocycles. The van der Waals surface area contributed by atoms with Crippen LogP contribution in [0.15, 0.2) is 103 Å². The number of nitrogens with zero attached hydrogens (tertiary/aromatic N) is 1. The molecule has 0 saturated carbocycles. The van der Waals surface area contributed by atoms with Crippen LogP contribution in [-0.2, 0) is 20.7 Å². The lowest BCUT2D eigenvalue weighted by Gasteiger charge is -2.11. The molecule has 0 amide bonds. The molecule has 0 aromatic heterocycles. The molecule has 0 N–H and O–H groups in total. The third-order valence-electron chi connectivity index (χ3n) is 4.33. The molecule has 3 rings (SSSR count). The number of hydrogen-bond acceptors (Lipinski definition) is 2. The van der Waals surface area contributed by atoms with E-state index in [1.54, 1.807) is 24.3 Å². The Morgan fingerprint density at radius 1 is 0.793 bits per heavy atom. The van der Waals surface area contributed by atoms with Crippen LogP contribution in [0, 0.1) is 6.92 Å². The quantitative estimate of drug-likeness (QED) is 0.420. The fourth-order valence-corrected chi connectivity index (χ4v) is 7.74. The number of rotatable bonds is 8. The maximum Gasteiger partial charge on any atom is 0.288 e. The Morgan fingerprint density at radius 2 is 1.34 bits per heavy atom. The predicted octanol–water partition coefficient (Wildman–Crippen LogP) is 5.69. The second kappa shape index (κ2) is 10.1. The maximum atomic E-state index is 12.9. The van der Waals surface area contributed by atoms with Crippen molar-refractivity contribution >= 4 is 37.1 Å². The van der Waals surface area contributed by atoms with Gasteiger partial charge in [-0.25, -0.2) is 0 Å². The Morgan fingerprint density at radius 3 is 1.93 bits per heavy atom. The van der Waals surface area contributed by atoms with E-state index in [-0.39, 0.29) is 15.4 Å². The summed E-state index contributed by atoms with van der Waals surface area (Å²) in [5.74, 6) is 5.90. The molecule has 3 aromatic carbocycles. The third-order valence-corrected chi connectivity index (χ3v) is 9.91. The van der Waals surface area contributed by atoms with Crippen LogP contribution in [0.1, 0.15) is 12.0 Å². The van der Waals surface area contributed by atoms with Crippen molar-refractivity contribution in [3.8, 4) is 0 Å². The van der Waals surface area contributed by atoms with Gasteiger partial charge >= 0.3 is 0 Å². The molecule has 0 heterocycles. The summed E-state index contributed by atoms with van der Waals surface area (Å²) in [6.07, 6.45) is 0.867. The van der Waals surface area contributed by atoms with Gasteiger partial charge in [0.05, 0.1) is 4.90 Å². The molecule has 3 nitrogen and oxygen atoms in total. The molecular weight excluding hydrogens is 418 g/mol. The first kappa shape index (κ1) is 21.7. The SMILES string of the molecule is C=S(CCCS(=NS(=O)(=O)c1ccc(C)cc1)c1ccccc1)c1ccccc1. The van der Waals surface area contributed by atoms with E-state index in [0.717, 1.165) is 22.6 Å². The maximum absolute atomic E-state index is 12.9. The summed E-state index contributed by atoms with van der Waals surface area (Å²) in [4.78, 5) is 2.43. The molecular formula is C23H25NO2S3. The van der Waals surface area contributed by atoms with Gasteiger partial charge in [0.2, 0.25) is 0 Å². The fourth-order valence-electron chi connectivity index (χ4n) is 2.75. The van der Waals surface area contributed by atoms with Gasteiger partial charge in [-0.15, -0.1) is 3.77 Å². The molecule has 0 saturated heterocycles. The molecule has 3 aromatic rings. The molecule has 0 radical (unpaired) electrons. The van der Waals surface area contributed by atoms with Crippen molar-refractivity contribution in [3.63, 3.8) is 0 Å². The highest BCUT2D eigenvalue weighted by Crippen LogP contribution is 2.25. The van der Waals surface area contributed by atoms with Crippen LogP contribution in [0.25, 0.3) is 0 Å². The zero-order valence-corrected chi connectivity index (χ0v) is 18.8. The average molecular weight is 444 g/mol. The largest absolute Gasteiger partial charge is 0.288 e. The topological polar surface area (TPSA) is 46.5 Å². The van der Waals surface area contributed by atoms with Crippen molar-refractivity contribution < 1.29 is 8.42 Å². The third kappa shape index (κ3) is 6.23. The zero-order chi connectivity index (χ0) is 20.7. The van der Waals surface area contributed by atoms with Crippen molar-refractivity contribution in [1.82, 2.24) is 0 Å². The van der Waals surface area contributed by atoms with Crippen LogP contribution in [0.5, 0.6) is 0 Å². The summed E-state index contributed by atoms with van der Waals surface area (Å²) >= 11 is 0. The standard InChI is InChI=1S/C23H25NO2S3/c1-20-14-16-23(17-15-20)29(25,26)24-28(22-12-7-4-8-13-22)19-9-18-27(2)21-10-5-3-6-11-21/h3-8,10-17H,2,9,18-19H2,1H3. The second-order valence-corrected chi connectivity index (χ2v) is 12.1. The van der Waals surface area contributed by atoms with Gasteiger partial charge in [0.15, 0.2) is 0 Å². The zero-order valence-electron chi connectivity index (χ0n) is 16.4. The van der Waals surface area contributed by atoms with E-state index in [4.69, 9.17) is 0 Å². The van der Waals surface area contributed by atoms with Crippen molar-refractivity contribution in [2.45, 2.75) is 28.0 Å². The Labute approximate surface area is 178 Å². The van der Waals surface area contributed by atoms with Gasteiger partial charge in [-0.2, -0.15) is 18.9 Å². The van der Waals surface area contributed by atoms with Gasteiger partial charge < -0.3 is 0 Å². The molecule has 29 heavy (non-hydrogen) atoms. The van der Waals surface area contributed by atoms with Crippen LogP contribution >= 0.6 is 10.5 Å². The first-order chi connectivity index (χ1) is 14.0. The van der Waals surface area contributed by atoms with Crippen LogP contribution < -0.4 is 0 Å². The van der Waals surface area contributed by atoms with Gasteiger partial charge in [0.25, 0.3) is 10.0 Å². The minimum absolute atomic E-state index is 0.105. The smallest absolute Gasteiger partial charge is 0.199 e. The Hall–Kier alpha value is -2.02. The number of benzene rings is 3. The van der Waals surface area contributed by atoms with Crippen LogP contribution in [0.3, 0.4) is 0 Å². The van der Waals surface area contributed by atoms with E-state index in [1.807, 2.05) is 55.5 Å². The molecule has 0 aliphatic rings. The van der Waals surface area contributed by atoms with Crippen molar-refractivity contribution in [1.29, 1.82) is 0 Å². The molecule has 152 valence electrons. The van der Waals surface area contributed by atoms with E-state index < -0.39 is 20.7 Å². The second-order valence-electron chi connectivity index (χ2n) is 6.61. The Bertz CT molecular complexity index is 1090. The lowest BCUT2D eigenvalue weighted by atomic mass is 10.2. The lowest BCUT2D eigenvalue weighted by molar-refractivity contribution is 0.598. The fraction of sp³-hybridized carbons (Fsp3) is 0.174. The number of hydrogen-bond donors (Lipinski definition) is 0. The molecule has 0 spiro atoms. The molecule has 0 aliphatic heterocycles. The van der Waals surface area contributed by atoms with E-state index >= 15 is 0 Å². The normalized spacial score (nSPS) is 13.8. The summed E-state index contributed by atoms with van der Waals surface area (Å²) in [5.41, 5.74) is 1.02. The molecule has 2 atom stereocenters. The van der Waals surface area contributed by atoms with Gasteiger partial charge in [0, 0.05) is 15.5 Å². The number of sulfonamides is 1. The first-order valence-electron chi connectivity index (χ1n) is 9.32. The minimum Gasteiger partial charge on any atom is -0.199 e. The molecule has 6 heteroatoms. The van der Waals surface area contributed by atoms with E-state index in [0.29, 0.717) is 5.75 Å². The predicted molar refractivity (Wildman–Crippen MR) is 127 cm³/mol. The van der Waals surface area contributed by atoms with Gasteiger partial charge in [-0.3, -0.25) is 0 Å². The summed E-state index contributed by atoms with van der Waals surface area (Å²) in [6, 6.07) is 26.8. The van der Waals surface area contributed by atoms with Crippen LogP contribution in [-0.4, -0.2) is 25.8 Å². The Balaban J connectivity index is 1.81. The van der Waals surface area contributed by atoms with Crippen molar-refractivity contribution in [2.24, 2.45) is 3.77 Å². The highest BCUT2D eigenvalue weighted by atomic mass is 32.3.